The minimum atomic E-state index is -0.751. The number of hydrogen-bond acceptors (Lipinski definition) is 5. The van der Waals surface area contributed by atoms with Crippen LogP contribution in [-0.4, -0.2) is 24.7 Å². The number of esters is 1. The second-order valence-electron chi connectivity index (χ2n) is 4.40. The highest BCUT2D eigenvalue weighted by atomic mass is 16.5. The SMILES string of the molecule is CCOC(=O)/C(C#N)=C\c1cc2ccc(OC)cc2[nH]c1=O. The maximum Gasteiger partial charge on any atom is 0.348 e. The molecule has 0 saturated carbocycles. The lowest BCUT2D eigenvalue weighted by molar-refractivity contribution is -0.137. The summed E-state index contributed by atoms with van der Waals surface area (Å²) in [5, 5.41) is 9.77. The standard InChI is InChI=1S/C16H14N2O4/c1-3-22-16(20)12(9-17)7-11-6-10-4-5-13(21-2)8-14(10)18-15(11)19/h4-8H,3H2,1-2H3,(H,18,19)/b12-7-. The number of aromatic nitrogens is 1. The molecule has 1 aromatic carbocycles. The quantitative estimate of drug-likeness (QED) is 0.529. The van der Waals surface area contributed by atoms with Gasteiger partial charge in [0, 0.05) is 11.6 Å². The number of nitrogens with one attached hydrogen (secondary N) is 1. The van der Waals surface area contributed by atoms with Crippen LogP contribution in [-0.2, 0) is 9.53 Å². The Bertz CT molecular complexity index is 843. The number of fused-ring (bicyclic) bond motifs is 1. The van der Waals surface area contributed by atoms with E-state index in [0.717, 1.165) is 5.39 Å². The number of nitrogens with zero attached hydrogens (tertiary/aromatic N) is 1. The van der Waals surface area contributed by atoms with Gasteiger partial charge in [0.1, 0.15) is 17.4 Å². The molecule has 6 heteroatoms. The smallest absolute Gasteiger partial charge is 0.348 e. The Morgan fingerprint density at radius 2 is 2.18 bits per heavy atom. The third kappa shape index (κ3) is 3.15. The van der Waals surface area contributed by atoms with Crippen LogP contribution < -0.4 is 10.3 Å². The molecule has 0 radical (unpaired) electrons. The molecule has 112 valence electrons. The Hall–Kier alpha value is -3.07. The van der Waals surface area contributed by atoms with Crippen molar-refractivity contribution in [3.05, 3.63) is 45.8 Å². The highest BCUT2D eigenvalue weighted by Crippen LogP contribution is 2.19. The van der Waals surface area contributed by atoms with Crippen molar-refractivity contribution >= 4 is 22.9 Å². The van der Waals surface area contributed by atoms with E-state index in [1.807, 2.05) is 0 Å². The lowest BCUT2D eigenvalue weighted by atomic mass is 10.1. The third-order valence-electron chi connectivity index (χ3n) is 3.00. The van der Waals surface area contributed by atoms with Crippen LogP contribution in [0, 0.1) is 11.3 Å². The van der Waals surface area contributed by atoms with Gasteiger partial charge in [-0.3, -0.25) is 4.79 Å². The molecule has 2 rings (SSSR count). The Morgan fingerprint density at radius 1 is 1.41 bits per heavy atom. The first kappa shape index (κ1) is 15.3. The average Bonchev–Trinajstić information content (AvgIpc) is 2.52. The van der Waals surface area contributed by atoms with Gasteiger partial charge in [-0.25, -0.2) is 4.79 Å². The van der Waals surface area contributed by atoms with E-state index in [1.54, 1.807) is 37.3 Å². The lowest BCUT2D eigenvalue weighted by Gasteiger charge is -2.04. The highest BCUT2D eigenvalue weighted by Gasteiger charge is 2.11. The average molecular weight is 298 g/mol. The number of ether oxygens (including phenoxy) is 2. The Kier molecular flexibility index (Phi) is 4.59. The molecule has 0 bridgehead atoms. The monoisotopic (exact) mass is 298 g/mol. The summed E-state index contributed by atoms with van der Waals surface area (Å²) >= 11 is 0. The van der Waals surface area contributed by atoms with Crippen LogP contribution in [0.2, 0.25) is 0 Å². The number of aromatic amines is 1. The van der Waals surface area contributed by atoms with E-state index in [4.69, 9.17) is 14.7 Å². The first-order chi connectivity index (χ1) is 10.6. The van der Waals surface area contributed by atoms with Crippen LogP contribution in [0.4, 0.5) is 0 Å². The zero-order chi connectivity index (χ0) is 16.1. The van der Waals surface area contributed by atoms with Crippen LogP contribution in [0.25, 0.3) is 17.0 Å². The molecule has 0 unspecified atom stereocenters. The largest absolute Gasteiger partial charge is 0.497 e. The third-order valence-corrected chi connectivity index (χ3v) is 3.00. The van der Waals surface area contributed by atoms with Crippen LogP contribution in [0.1, 0.15) is 12.5 Å². The summed E-state index contributed by atoms with van der Waals surface area (Å²) in [5.41, 5.74) is 0.191. The fraction of sp³-hybridized carbons (Fsp3) is 0.188. The maximum absolute atomic E-state index is 12.1. The van der Waals surface area contributed by atoms with Crippen molar-refractivity contribution < 1.29 is 14.3 Å². The molecule has 0 aliphatic rings. The summed E-state index contributed by atoms with van der Waals surface area (Å²) < 4.78 is 9.86. The molecule has 0 aliphatic heterocycles. The van der Waals surface area contributed by atoms with Gasteiger partial charge in [-0.1, -0.05) is 0 Å². The van der Waals surface area contributed by atoms with Crippen LogP contribution in [0.5, 0.6) is 5.75 Å². The number of hydrogen-bond donors (Lipinski definition) is 1. The van der Waals surface area contributed by atoms with Crippen molar-refractivity contribution in [3.63, 3.8) is 0 Å². The van der Waals surface area contributed by atoms with Crippen LogP contribution >= 0.6 is 0 Å². The number of nitriles is 1. The van der Waals surface area contributed by atoms with Crippen LogP contribution in [0.15, 0.2) is 34.6 Å². The van der Waals surface area contributed by atoms with Crippen molar-refractivity contribution in [2.75, 3.05) is 13.7 Å². The first-order valence-corrected chi connectivity index (χ1v) is 6.59. The van der Waals surface area contributed by atoms with E-state index >= 15 is 0 Å². The minimum Gasteiger partial charge on any atom is -0.497 e. The normalized spacial score (nSPS) is 11.0. The van der Waals surface area contributed by atoms with E-state index in [-0.39, 0.29) is 17.7 Å². The molecule has 1 aromatic heterocycles. The van der Waals surface area contributed by atoms with Crippen molar-refractivity contribution in [2.24, 2.45) is 0 Å². The summed E-state index contributed by atoms with van der Waals surface area (Å²) in [6.07, 6.45) is 1.22. The predicted molar refractivity (Wildman–Crippen MR) is 81.3 cm³/mol. The number of carbonyl (C=O) groups excluding carboxylic acids is 1. The zero-order valence-corrected chi connectivity index (χ0v) is 12.2. The maximum atomic E-state index is 12.1. The molecule has 1 heterocycles. The summed E-state index contributed by atoms with van der Waals surface area (Å²) in [6.45, 7) is 1.80. The van der Waals surface area contributed by atoms with E-state index in [9.17, 15) is 9.59 Å². The molecule has 22 heavy (non-hydrogen) atoms. The minimum absolute atomic E-state index is 0.158. The first-order valence-electron chi connectivity index (χ1n) is 6.59. The molecule has 0 saturated heterocycles. The molecule has 6 nitrogen and oxygen atoms in total. The summed E-state index contributed by atoms with van der Waals surface area (Å²) in [6, 6.07) is 8.57. The fourth-order valence-corrected chi connectivity index (χ4v) is 1.93. The number of H-pyrrole nitrogens is 1. The van der Waals surface area contributed by atoms with E-state index in [2.05, 4.69) is 4.98 Å². The van der Waals surface area contributed by atoms with Gasteiger partial charge in [0.15, 0.2) is 0 Å². The molecular formula is C16H14N2O4. The molecule has 1 N–H and O–H groups in total. The van der Waals surface area contributed by atoms with Crippen LogP contribution in [0.3, 0.4) is 0 Å². The summed E-state index contributed by atoms with van der Waals surface area (Å²) in [5.74, 6) is -0.130. The molecule has 0 atom stereocenters. The summed E-state index contributed by atoms with van der Waals surface area (Å²) in [4.78, 5) is 26.3. The number of rotatable bonds is 4. The van der Waals surface area contributed by atoms with Crippen molar-refractivity contribution in [2.45, 2.75) is 6.92 Å². The van der Waals surface area contributed by atoms with Gasteiger partial charge in [-0.15, -0.1) is 0 Å². The van der Waals surface area contributed by atoms with Crippen molar-refractivity contribution in [1.82, 2.24) is 4.98 Å². The van der Waals surface area contributed by atoms with Gasteiger partial charge >= 0.3 is 5.97 Å². The van der Waals surface area contributed by atoms with Gasteiger partial charge < -0.3 is 14.5 Å². The van der Waals surface area contributed by atoms with E-state index in [0.29, 0.717) is 11.3 Å². The number of methoxy groups -OCH3 is 1. The number of pyridine rings is 1. The van der Waals surface area contributed by atoms with Gasteiger partial charge in [0.05, 0.1) is 19.2 Å². The van der Waals surface area contributed by atoms with Gasteiger partial charge in [0.25, 0.3) is 5.56 Å². The number of benzene rings is 1. The van der Waals surface area contributed by atoms with E-state index in [1.165, 1.54) is 13.2 Å². The Balaban J connectivity index is 2.52. The van der Waals surface area contributed by atoms with Gasteiger partial charge in [0.2, 0.25) is 0 Å². The molecule has 0 spiro atoms. The van der Waals surface area contributed by atoms with E-state index < -0.39 is 11.5 Å². The van der Waals surface area contributed by atoms with Gasteiger partial charge in [-0.2, -0.15) is 5.26 Å². The van der Waals surface area contributed by atoms with Gasteiger partial charge in [-0.05, 0) is 36.6 Å². The highest BCUT2D eigenvalue weighted by molar-refractivity contribution is 5.98. The molecule has 2 aromatic rings. The van der Waals surface area contributed by atoms with Crippen molar-refractivity contribution in [3.8, 4) is 11.8 Å². The molecule has 0 aliphatic carbocycles. The lowest BCUT2D eigenvalue weighted by Crippen LogP contribution is -2.11. The molecular weight excluding hydrogens is 284 g/mol. The Labute approximate surface area is 126 Å². The summed E-state index contributed by atoms with van der Waals surface area (Å²) in [7, 11) is 1.54. The predicted octanol–water partition coefficient (Wildman–Crippen LogP) is 2.01. The second kappa shape index (κ2) is 6.59. The zero-order valence-electron chi connectivity index (χ0n) is 12.2. The molecule has 0 fully saturated rings. The fourth-order valence-electron chi connectivity index (χ4n) is 1.93. The van der Waals surface area contributed by atoms with Crippen molar-refractivity contribution in [1.29, 1.82) is 5.26 Å². The molecule has 0 amide bonds. The topological polar surface area (TPSA) is 92.2 Å². The number of carbonyl (C=O) groups is 1. The Morgan fingerprint density at radius 3 is 2.82 bits per heavy atom. The second-order valence-corrected chi connectivity index (χ2v) is 4.40.